The fraction of sp³-hybridized carbons (Fsp3) is 0.409. The van der Waals surface area contributed by atoms with Gasteiger partial charge in [-0.15, -0.1) is 0 Å². The Kier molecular flexibility index (Phi) is 7.47. The minimum Gasteiger partial charge on any atom is -0.379 e. The van der Waals surface area contributed by atoms with Crippen molar-refractivity contribution in [2.24, 2.45) is 0 Å². The van der Waals surface area contributed by atoms with Gasteiger partial charge in [-0.2, -0.15) is 0 Å². The molecule has 7 nitrogen and oxygen atoms in total. The molecule has 1 aliphatic heterocycles. The van der Waals surface area contributed by atoms with Crippen LogP contribution in [0.2, 0.25) is 0 Å². The fourth-order valence-electron chi connectivity index (χ4n) is 3.47. The van der Waals surface area contributed by atoms with E-state index in [2.05, 4.69) is 22.3 Å². The van der Waals surface area contributed by atoms with Crippen molar-refractivity contribution in [2.45, 2.75) is 20.0 Å². The van der Waals surface area contributed by atoms with Crippen molar-refractivity contribution in [1.29, 1.82) is 0 Å². The zero-order valence-electron chi connectivity index (χ0n) is 17.5. The molecule has 0 unspecified atom stereocenters. The van der Waals surface area contributed by atoms with Gasteiger partial charge < -0.3 is 10.1 Å². The number of amides is 1. The largest absolute Gasteiger partial charge is 0.379 e. The first-order valence-electron chi connectivity index (χ1n) is 10.0. The summed E-state index contributed by atoms with van der Waals surface area (Å²) in [7, 11) is -3.58. The molecule has 0 saturated carbocycles. The number of rotatable bonds is 8. The van der Waals surface area contributed by atoms with Gasteiger partial charge in [0.2, 0.25) is 15.9 Å². The van der Waals surface area contributed by atoms with Gasteiger partial charge in [0.1, 0.15) is 6.54 Å². The Bertz CT molecular complexity index is 972. The molecule has 1 saturated heterocycles. The zero-order chi connectivity index (χ0) is 21.6. The molecule has 162 valence electrons. The summed E-state index contributed by atoms with van der Waals surface area (Å²) in [5, 5.41) is 2.84. The van der Waals surface area contributed by atoms with E-state index in [9.17, 15) is 13.2 Å². The zero-order valence-corrected chi connectivity index (χ0v) is 18.3. The lowest BCUT2D eigenvalue weighted by atomic mass is 10.1. The van der Waals surface area contributed by atoms with Gasteiger partial charge in [0.05, 0.1) is 25.2 Å². The van der Waals surface area contributed by atoms with Gasteiger partial charge in [0.15, 0.2) is 0 Å². The number of nitrogens with one attached hydrogen (secondary N) is 1. The summed E-state index contributed by atoms with van der Waals surface area (Å²) in [6.45, 7) is 6.12. The molecule has 0 aliphatic carbocycles. The number of aryl methyl sites for hydroxylation is 1. The molecule has 1 aliphatic rings. The number of sulfonamides is 1. The first-order valence-corrected chi connectivity index (χ1v) is 11.9. The van der Waals surface area contributed by atoms with Gasteiger partial charge in [-0.05, 0) is 29.7 Å². The molecule has 0 radical (unpaired) electrons. The van der Waals surface area contributed by atoms with E-state index in [0.717, 1.165) is 54.5 Å². The molecule has 0 aromatic heterocycles. The first kappa shape index (κ1) is 22.3. The molecule has 30 heavy (non-hydrogen) atoms. The second-order valence-electron chi connectivity index (χ2n) is 7.54. The Labute approximate surface area is 178 Å². The molecule has 2 aromatic rings. The summed E-state index contributed by atoms with van der Waals surface area (Å²) in [6, 6.07) is 15.2. The Morgan fingerprint density at radius 2 is 1.80 bits per heavy atom. The van der Waals surface area contributed by atoms with E-state index in [0.29, 0.717) is 12.2 Å². The number of hydrogen-bond acceptors (Lipinski definition) is 5. The van der Waals surface area contributed by atoms with Crippen LogP contribution in [0.15, 0.2) is 48.5 Å². The Hall–Kier alpha value is -2.42. The van der Waals surface area contributed by atoms with Crippen molar-refractivity contribution in [3.05, 3.63) is 65.2 Å². The second-order valence-corrected chi connectivity index (χ2v) is 9.45. The highest BCUT2D eigenvalue weighted by Gasteiger charge is 2.22. The predicted molar refractivity (Wildman–Crippen MR) is 118 cm³/mol. The van der Waals surface area contributed by atoms with E-state index >= 15 is 0 Å². The van der Waals surface area contributed by atoms with Crippen LogP contribution in [0.25, 0.3) is 0 Å². The molecule has 0 spiro atoms. The summed E-state index contributed by atoms with van der Waals surface area (Å²) < 4.78 is 31.1. The standard InChI is InChI=1S/C22H29N3O4S/c1-18-6-3-4-9-21(18)25(30(2,27)28)17-22(26)23-15-19-7-5-8-20(14-19)16-24-10-12-29-13-11-24/h3-9,14H,10-13,15-17H2,1-2H3,(H,23,26). The molecule has 1 heterocycles. The summed E-state index contributed by atoms with van der Waals surface area (Å²) >= 11 is 0. The van der Waals surface area contributed by atoms with E-state index < -0.39 is 10.0 Å². The van der Waals surface area contributed by atoms with Crippen LogP contribution in [-0.2, 0) is 32.6 Å². The van der Waals surface area contributed by atoms with Crippen LogP contribution >= 0.6 is 0 Å². The van der Waals surface area contributed by atoms with E-state index in [-0.39, 0.29) is 12.5 Å². The third kappa shape index (κ3) is 6.29. The highest BCUT2D eigenvalue weighted by molar-refractivity contribution is 7.92. The third-order valence-corrected chi connectivity index (χ3v) is 6.19. The number of benzene rings is 2. The number of hydrogen-bond donors (Lipinski definition) is 1. The highest BCUT2D eigenvalue weighted by atomic mass is 32.2. The van der Waals surface area contributed by atoms with Crippen molar-refractivity contribution in [3.63, 3.8) is 0 Å². The number of nitrogens with zero attached hydrogens (tertiary/aromatic N) is 2. The molecule has 3 rings (SSSR count). The molecular weight excluding hydrogens is 402 g/mol. The molecule has 8 heteroatoms. The average molecular weight is 432 g/mol. The molecule has 1 fully saturated rings. The Morgan fingerprint density at radius 1 is 1.10 bits per heavy atom. The van der Waals surface area contributed by atoms with Crippen LogP contribution in [0.4, 0.5) is 5.69 Å². The van der Waals surface area contributed by atoms with E-state index in [4.69, 9.17) is 4.74 Å². The van der Waals surface area contributed by atoms with Crippen molar-refractivity contribution in [1.82, 2.24) is 10.2 Å². The van der Waals surface area contributed by atoms with E-state index in [1.54, 1.807) is 12.1 Å². The van der Waals surface area contributed by atoms with Crippen molar-refractivity contribution < 1.29 is 17.9 Å². The lowest BCUT2D eigenvalue weighted by molar-refractivity contribution is -0.119. The summed E-state index contributed by atoms with van der Waals surface area (Å²) in [6.07, 6.45) is 1.11. The number of carbonyl (C=O) groups excluding carboxylic acids is 1. The van der Waals surface area contributed by atoms with E-state index in [1.807, 2.05) is 31.2 Å². The topological polar surface area (TPSA) is 79.0 Å². The second kappa shape index (κ2) is 10.1. The van der Waals surface area contributed by atoms with Crippen LogP contribution in [0, 0.1) is 6.92 Å². The van der Waals surface area contributed by atoms with E-state index in [1.165, 1.54) is 5.56 Å². The van der Waals surface area contributed by atoms with Crippen molar-refractivity contribution in [2.75, 3.05) is 43.4 Å². The maximum Gasteiger partial charge on any atom is 0.241 e. The lowest BCUT2D eigenvalue weighted by Crippen LogP contribution is -2.40. The summed E-state index contributed by atoms with van der Waals surface area (Å²) in [5.41, 5.74) is 3.48. The fourth-order valence-corrected chi connectivity index (χ4v) is 4.38. The predicted octanol–water partition coefficient (Wildman–Crippen LogP) is 1.91. The van der Waals surface area contributed by atoms with Crippen molar-refractivity contribution >= 4 is 21.6 Å². The van der Waals surface area contributed by atoms with Gasteiger partial charge in [0, 0.05) is 26.2 Å². The molecular formula is C22H29N3O4S. The molecule has 1 N–H and O–H groups in total. The molecule has 0 atom stereocenters. The minimum absolute atomic E-state index is 0.253. The highest BCUT2D eigenvalue weighted by Crippen LogP contribution is 2.21. The van der Waals surface area contributed by atoms with Gasteiger partial charge in [-0.1, -0.05) is 42.5 Å². The average Bonchev–Trinajstić information content (AvgIpc) is 2.71. The monoisotopic (exact) mass is 431 g/mol. The number of para-hydroxylation sites is 1. The van der Waals surface area contributed by atoms with Gasteiger partial charge in [-0.3, -0.25) is 14.0 Å². The van der Waals surface area contributed by atoms with Gasteiger partial charge >= 0.3 is 0 Å². The number of ether oxygens (including phenoxy) is 1. The number of carbonyl (C=O) groups is 1. The lowest BCUT2D eigenvalue weighted by Gasteiger charge is -2.26. The number of morpholine rings is 1. The maximum atomic E-state index is 12.5. The SMILES string of the molecule is Cc1ccccc1N(CC(=O)NCc1cccc(CN2CCOCC2)c1)S(C)(=O)=O. The van der Waals surface area contributed by atoms with Gasteiger partial charge in [-0.25, -0.2) is 8.42 Å². The summed E-state index contributed by atoms with van der Waals surface area (Å²) in [5.74, 6) is -0.345. The van der Waals surface area contributed by atoms with Crippen LogP contribution < -0.4 is 9.62 Å². The Balaban J connectivity index is 1.60. The van der Waals surface area contributed by atoms with Crippen molar-refractivity contribution in [3.8, 4) is 0 Å². The van der Waals surface area contributed by atoms with Crippen LogP contribution in [0.3, 0.4) is 0 Å². The van der Waals surface area contributed by atoms with Crippen LogP contribution in [0.5, 0.6) is 0 Å². The first-order chi connectivity index (χ1) is 14.3. The molecule has 2 aromatic carbocycles. The minimum atomic E-state index is -3.58. The third-order valence-electron chi connectivity index (χ3n) is 5.06. The normalized spacial score (nSPS) is 15.0. The molecule has 0 bridgehead atoms. The Morgan fingerprint density at radius 3 is 2.50 bits per heavy atom. The smallest absolute Gasteiger partial charge is 0.241 e. The quantitative estimate of drug-likeness (QED) is 0.691. The maximum absolute atomic E-state index is 12.5. The molecule has 1 amide bonds. The van der Waals surface area contributed by atoms with Crippen LogP contribution in [0.1, 0.15) is 16.7 Å². The van der Waals surface area contributed by atoms with Gasteiger partial charge in [0.25, 0.3) is 0 Å². The summed E-state index contributed by atoms with van der Waals surface area (Å²) in [4.78, 5) is 14.9. The van der Waals surface area contributed by atoms with Crippen LogP contribution in [-0.4, -0.2) is 58.3 Å². The number of anilines is 1.